The predicted octanol–water partition coefficient (Wildman–Crippen LogP) is 3.68. The van der Waals surface area contributed by atoms with E-state index in [1.807, 2.05) is 0 Å². The minimum Gasteiger partial charge on any atom is -0.478 e. The Kier molecular flexibility index (Phi) is 8.74. The lowest BCUT2D eigenvalue weighted by atomic mass is 9.97. The third-order valence-corrected chi connectivity index (χ3v) is 3.31. The van der Waals surface area contributed by atoms with Gasteiger partial charge in [0.25, 0.3) is 0 Å². The Hall–Kier alpha value is -2.09. The maximum absolute atomic E-state index is 13.3. The van der Waals surface area contributed by atoms with Crippen LogP contribution < -0.4 is 10.1 Å². The number of nitrogens with one attached hydrogen (secondary N) is 1. The van der Waals surface area contributed by atoms with Crippen molar-refractivity contribution < 1.29 is 18.3 Å². The molecule has 0 heterocycles. The van der Waals surface area contributed by atoms with Crippen LogP contribution in [-0.2, 0) is 4.79 Å². The molecular formula is C18H23F2NO2. The lowest BCUT2D eigenvalue weighted by Gasteiger charge is -2.13. The second kappa shape index (κ2) is 10.6. The Morgan fingerprint density at radius 3 is 2.52 bits per heavy atom. The van der Waals surface area contributed by atoms with Crippen LogP contribution in [0.15, 0.2) is 18.2 Å². The normalized spacial score (nSPS) is 10.1. The minimum absolute atomic E-state index is 0.0218. The molecule has 1 amide bonds. The molecule has 0 saturated carbocycles. The molecule has 126 valence electrons. The van der Waals surface area contributed by atoms with E-state index in [1.165, 1.54) is 6.07 Å². The molecular weight excluding hydrogens is 300 g/mol. The van der Waals surface area contributed by atoms with Crippen molar-refractivity contribution >= 4 is 5.91 Å². The first-order valence-electron chi connectivity index (χ1n) is 7.89. The Balaban J connectivity index is 2.33. The quantitative estimate of drug-likeness (QED) is 0.741. The lowest BCUT2D eigenvalue weighted by molar-refractivity contribution is -0.125. The lowest BCUT2D eigenvalue weighted by Crippen LogP contribution is -2.31. The Labute approximate surface area is 136 Å². The van der Waals surface area contributed by atoms with Gasteiger partial charge in [0.1, 0.15) is 12.4 Å². The highest BCUT2D eigenvalue weighted by atomic mass is 19.1. The molecule has 5 heteroatoms. The highest BCUT2D eigenvalue weighted by Crippen LogP contribution is 2.17. The summed E-state index contributed by atoms with van der Waals surface area (Å²) in [5, 5.41) is 2.78. The van der Waals surface area contributed by atoms with E-state index in [1.54, 1.807) is 0 Å². The summed E-state index contributed by atoms with van der Waals surface area (Å²) in [6.45, 7) is 4.33. The molecule has 0 spiro atoms. The topological polar surface area (TPSA) is 38.3 Å². The van der Waals surface area contributed by atoms with Gasteiger partial charge >= 0.3 is 0 Å². The number of ether oxygens (including phenoxy) is 1. The molecule has 3 nitrogen and oxygen atoms in total. The van der Waals surface area contributed by atoms with Crippen molar-refractivity contribution in [2.75, 3.05) is 13.2 Å². The first-order valence-corrected chi connectivity index (χ1v) is 7.89. The van der Waals surface area contributed by atoms with Crippen molar-refractivity contribution in [3.05, 3.63) is 29.8 Å². The van der Waals surface area contributed by atoms with Crippen LogP contribution in [0.1, 0.15) is 39.5 Å². The fraction of sp³-hybridized carbons (Fsp3) is 0.500. The average Bonchev–Trinajstić information content (AvgIpc) is 2.52. The molecule has 0 bridgehead atoms. The molecule has 0 atom stereocenters. The molecule has 0 aromatic heterocycles. The monoisotopic (exact) mass is 323 g/mol. The SMILES string of the molecule is CCCC(CCC)C(=O)NCC#CCOc1ccc(F)cc1F. The summed E-state index contributed by atoms with van der Waals surface area (Å²) in [6.07, 6.45) is 3.70. The van der Waals surface area contributed by atoms with E-state index in [0.29, 0.717) is 0 Å². The number of carbonyl (C=O) groups excluding carboxylic acids is 1. The van der Waals surface area contributed by atoms with Crippen molar-refractivity contribution in [3.63, 3.8) is 0 Å². The fourth-order valence-electron chi connectivity index (χ4n) is 2.20. The summed E-state index contributed by atoms with van der Waals surface area (Å²) in [5.74, 6) is 4.04. The highest BCUT2D eigenvalue weighted by Gasteiger charge is 2.15. The average molecular weight is 323 g/mol. The standard InChI is InChI=1S/C18H23F2NO2/c1-3-7-14(8-4-2)18(22)21-11-5-6-12-23-17-10-9-15(19)13-16(17)20/h9-10,13-14H,3-4,7-8,11-12H2,1-2H3,(H,21,22). The van der Waals surface area contributed by atoms with E-state index in [4.69, 9.17) is 4.74 Å². The van der Waals surface area contributed by atoms with E-state index in [0.717, 1.165) is 37.8 Å². The Morgan fingerprint density at radius 1 is 1.22 bits per heavy atom. The summed E-state index contributed by atoms with van der Waals surface area (Å²) < 4.78 is 31.1. The molecule has 0 aliphatic rings. The Morgan fingerprint density at radius 2 is 1.91 bits per heavy atom. The third kappa shape index (κ3) is 7.14. The van der Waals surface area contributed by atoms with Crippen LogP contribution in [-0.4, -0.2) is 19.1 Å². The van der Waals surface area contributed by atoms with Crippen molar-refractivity contribution in [1.82, 2.24) is 5.32 Å². The number of carbonyl (C=O) groups is 1. The zero-order valence-electron chi connectivity index (χ0n) is 13.6. The van der Waals surface area contributed by atoms with Gasteiger partial charge in [-0.25, -0.2) is 8.78 Å². The number of benzene rings is 1. The van der Waals surface area contributed by atoms with Crippen LogP contribution in [0.3, 0.4) is 0 Å². The smallest absolute Gasteiger partial charge is 0.223 e. The van der Waals surface area contributed by atoms with Crippen LogP contribution in [0.4, 0.5) is 8.78 Å². The zero-order chi connectivity index (χ0) is 17.1. The van der Waals surface area contributed by atoms with E-state index in [2.05, 4.69) is 31.0 Å². The van der Waals surface area contributed by atoms with Crippen molar-refractivity contribution in [3.8, 4) is 17.6 Å². The van der Waals surface area contributed by atoms with Gasteiger partial charge in [0.15, 0.2) is 11.6 Å². The van der Waals surface area contributed by atoms with Gasteiger partial charge in [-0.15, -0.1) is 0 Å². The molecule has 0 fully saturated rings. The summed E-state index contributed by atoms with van der Waals surface area (Å²) in [4.78, 5) is 12.0. The van der Waals surface area contributed by atoms with Crippen molar-refractivity contribution in [1.29, 1.82) is 0 Å². The molecule has 0 unspecified atom stereocenters. The first-order chi connectivity index (χ1) is 11.1. The van der Waals surface area contributed by atoms with Gasteiger partial charge in [-0.05, 0) is 25.0 Å². The summed E-state index contributed by atoms with van der Waals surface area (Å²) in [5.41, 5.74) is 0. The van der Waals surface area contributed by atoms with Gasteiger partial charge in [-0.2, -0.15) is 0 Å². The maximum atomic E-state index is 13.3. The molecule has 1 rings (SSSR count). The number of hydrogen-bond acceptors (Lipinski definition) is 2. The van der Waals surface area contributed by atoms with Gasteiger partial charge < -0.3 is 10.1 Å². The van der Waals surface area contributed by atoms with E-state index < -0.39 is 11.6 Å². The largest absolute Gasteiger partial charge is 0.478 e. The predicted molar refractivity (Wildman–Crippen MR) is 85.9 cm³/mol. The summed E-state index contributed by atoms with van der Waals surface area (Å²) >= 11 is 0. The molecule has 1 aromatic carbocycles. The van der Waals surface area contributed by atoms with Gasteiger partial charge in [-0.1, -0.05) is 38.5 Å². The van der Waals surface area contributed by atoms with Gasteiger partial charge in [0.05, 0.1) is 6.54 Å². The van der Waals surface area contributed by atoms with E-state index in [9.17, 15) is 13.6 Å². The van der Waals surface area contributed by atoms with Gasteiger partial charge in [-0.3, -0.25) is 4.79 Å². The van der Waals surface area contributed by atoms with E-state index >= 15 is 0 Å². The summed E-state index contributed by atoms with van der Waals surface area (Å²) in [6, 6.07) is 3.09. The van der Waals surface area contributed by atoms with Crippen LogP contribution in [0.2, 0.25) is 0 Å². The van der Waals surface area contributed by atoms with Crippen molar-refractivity contribution in [2.45, 2.75) is 39.5 Å². The second-order valence-corrected chi connectivity index (χ2v) is 5.21. The molecule has 0 aliphatic carbocycles. The van der Waals surface area contributed by atoms with Crippen LogP contribution in [0.5, 0.6) is 5.75 Å². The fourth-order valence-corrected chi connectivity index (χ4v) is 2.20. The second-order valence-electron chi connectivity index (χ2n) is 5.21. The van der Waals surface area contributed by atoms with Gasteiger partial charge in [0.2, 0.25) is 5.91 Å². The van der Waals surface area contributed by atoms with Crippen LogP contribution in [0.25, 0.3) is 0 Å². The van der Waals surface area contributed by atoms with Crippen LogP contribution in [0, 0.1) is 29.4 Å². The van der Waals surface area contributed by atoms with E-state index in [-0.39, 0.29) is 30.7 Å². The number of halogens is 2. The molecule has 1 aromatic rings. The minimum atomic E-state index is -0.762. The highest BCUT2D eigenvalue weighted by molar-refractivity contribution is 5.78. The number of hydrogen-bond donors (Lipinski definition) is 1. The number of amides is 1. The molecule has 0 aliphatic heterocycles. The molecule has 0 saturated heterocycles. The molecule has 0 radical (unpaired) electrons. The Bertz CT molecular complexity index is 558. The molecule has 1 N–H and O–H groups in total. The maximum Gasteiger partial charge on any atom is 0.223 e. The van der Waals surface area contributed by atoms with Crippen molar-refractivity contribution in [2.24, 2.45) is 5.92 Å². The first kappa shape index (κ1) is 19.0. The zero-order valence-corrected chi connectivity index (χ0v) is 13.6. The molecule has 23 heavy (non-hydrogen) atoms. The number of rotatable bonds is 8. The third-order valence-electron chi connectivity index (χ3n) is 3.31. The van der Waals surface area contributed by atoms with Crippen LogP contribution >= 0.6 is 0 Å². The summed E-state index contributed by atoms with van der Waals surface area (Å²) in [7, 11) is 0. The van der Waals surface area contributed by atoms with Gasteiger partial charge in [0, 0.05) is 12.0 Å².